The lowest BCUT2D eigenvalue weighted by Gasteiger charge is -2.37. The van der Waals surface area contributed by atoms with Gasteiger partial charge in [-0.3, -0.25) is 14.9 Å². The van der Waals surface area contributed by atoms with Gasteiger partial charge in [0.1, 0.15) is 18.2 Å². The van der Waals surface area contributed by atoms with Crippen molar-refractivity contribution in [2.75, 3.05) is 11.9 Å². The number of benzene rings is 3. The molecule has 2 heterocycles. The highest BCUT2D eigenvalue weighted by atomic mass is 35.5. The summed E-state index contributed by atoms with van der Waals surface area (Å²) >= 11 is 6.08. The van der Waals surface area contributed by atoms with Gasteiger partial charge in [-0.1, -0.05) is 95.6 Å². The Hall–Kier alpha value is -5.14. The molecule has 0 aliphatic carbocycles. The number of nitrogens with one attached hydrogen (secondary N) is 1. The van der Waals surface area contributed by atoms with Crippen molar-refractivity contribution >= 4 is 46.5 Å². The molecule has 1 aromatic heterocycles. The van der Waals surface area contributed by atoms with Crippen molar-refractivity contribution in [3.8, 4) is 6.07 Å². The lowest BCUT2D eigenvalue weighted by molar-refractivity contribution is -0.127. The largest absolute Gasteiger partial charge is 0.445 e. The average molecular weight is 737 g/mol. The molecule has 0 bridgehead atoms. The van der Waals surface area contributed by atoms with Crippen molar-refractivity contribution in [2.45, 2.75) is 93.1 Å². The number of ether oxygens (including phenoxy) is 1. The highest BCUT2D eigenvalue weighted by molar-refractivity contribution is 6.30. The number of nitrogens with zero attached hydrogens (tertiary/aromatic N) is 5. The topological polar surface area (TPSA) is 121 Å². The molecule has 278 valence electrons. The number of imidazole rings is 1. The number of nitriles is 1. The molecule has 3 amide bonds. The number of fused-ring (bicyclic) bond motifs is 1. The fraction of sp³-hybridized carbons (Fsp3) is 0.405. The number of carbonyl (C=O) groups excluding carboxylic acids is 3. The van der Waals surface area contributed by atoms with Crippen LogP contribution < -0.4 is 5.32 Å². The molecule has 11 heteroatoms. The van der Waals surface area contributed by atoms with Gasteiger partial charge in [-0.25, -0.2) is 9.78 Å². The summed E-state index contributed by atoms with van der Waals surface area (Å²) < 4.78 is 7.72. The van der Waals surface area contributed by atoms with E-state index in [2.05, 4.69) is 32.2 Å². The van der Waals surface area contributed by atoms with Crippen LogP contribution in [0, 0.1) is 22.2 Å². The maximum Gasteiger partial charge on any atom is 0.410 e. The Labute approximate surface area is 317 Å². The van der Waals surface area contributed by atoms with Gasteiger partial charge < -0.3 is 19.1 Å². The Morgan fingerprint density at radius 1 is 1.04 bits per heavy atom. The maximum atomic E-state index is 13.7. The van der Waals surface area contributed by atoms with Crippen molar-refractivity contribution < 1.29 is 19.1 Å². The number of likely N-dealkylation sites (tertiary alicyclic amines) is 1. The second kappa shape index (κ2) is 16.3. The van der Waals surface area contributed by atoms with Gasteiger partial charge in [-0.2, -0.15) is 5.26 Å². The van der Waals surface area contributed by atoms with Gasteiger partial charge in [-0.05, 0) is 78.1 Å². The molecule has 1 saturated heterocycles. The third kappa shape index (κ3) is 9.85. The van der Waals surface area contributed by atoms with E-state index < -0.39 is 6.09 Å². The molecule has 5 rings (SSSR count). The Kier molecular flexibility index (Phi) is 12.0. The molecule has 1 N–H and O–H groups in total. The first-order valence-corrected chi connectivity index (χ1v) is 18.4. The number of aromatic nitrogens is 2. The fourth-order valence-corrected chi connectivity index (χ4v) is 6.51. The molecule has 0 radical (unpaired) electrons. The molecule has 53 heavy (non-hydrogen) atoms. The highest BCUT2D eigenvalue weighted by Gasteiger charge is 2.34. The Morgan fingerprint density at radius 3 is 2.38 bits per heavy atom. The van der Waals surface area contributed by atoms with Crippen molar-refractivity contribution in [2.24, 2.45) is 10.8 Å². The maximum absolute atomic E-state index is 13.7. The van der Waals surface area contributed by atoms with E-state index in [-0.39, 0.29) is 53.5 Å². The molecule has 1 fully saturated rings. The zero-order valence-electron chi connectivity index (χ0n) is 31.6. The zero-order chi connectivity index (χ0) is 38.5. The van der Waals surface area contributed by atoms with Crippen LogP contribution in [0.1, 0.15) is 82.8 Å². The summed E-state index contributed by atoms with van der Waals surface area (Å²) in [7, 11) is 0. The van der Waals surface area contributed by atoms with Crippen LogP contribution in [0.4, 0.5) is 10.7 Å². The van der Waals surface area contributed by atoms with Gasteiger partial charge in [0.15, 0.2) is 0 Å². The predicted octanol–water partition coefficient (Wildman–Crippen LogP) is 9.00. The van der Waals surface area contributed by atoms with E-state index in [0.29, 0.717) is 35.1 Å². The van der Waals surface area contributed by atoms with Crippen molar-refractivity contribution in [3.63, 3.8) is 0 Å². The summed E-state index contributed by atoms with van der Waals surface area (Å²) in [6, 6.07) is 23.7. The van der Waals surface area contributed by atoms with Gasteiger partial charge in [0.2, 0.25) is 5.95 Å². The highest BCUT2D eigenvalue weighted by Crippen LogP contribution is 2.30. The number of halogens is 1. The lowest BCUT2D eigenvalue weighted by Crippen LogP contribution is -2.45. The second-order valence-corrected chi connectivity index (χ2v) is 16.3. The summed E-state index contributed by atoms with van der Waals surface area (Å²) in [6.07, 6.45) is 2.82. The molecule has 0 saturated carbocycles. The van der Waals surface area contributed by atoms with E-state index in [4.69, 9.17) is 21.3 Å². The lowest BCUT2D eigenvalue weighted by atomic mass is 9.87. The van der Waals surface area contributed by atoms with E-state index in [1.165, 1.54) is 0 Å². The monoisotopic (exact) mass is 736 g/mol. The van der Waals surface area contributed by atoms with Crippen LogP contribution in [0.25, 0.3) is 11.0 Å². The van der Waals surface area contributed by atoms with E-state index in [0.717, 1.165) is 29.5 Å². The first kappa shape index (κ1) is 39.1. The van der Waals surface area contributed by atoms with Gasteiger partial charge in [0.05, 0.1) is 17.1 Å². The number of allylic oxidation sites excluding steroid dienone is 1. The second-order valence-electron chi connectivity index (χ2n) is 15.9. The third-order valence-corrected chi connectivity index (χ3v) is 9.87. The molecule has 10 nitrogen and oxygen atoms in total. The minimum absolute atomic E-state index is 0.122. The van der Waals surface area contributed by atoms with Crippen molar-refractivity contribution in [3.05, 3.63) is 106 Å². The van der Waals surface area contributed by atoms with Crippen LogP contribution >= 0.6 is 11.6 Å². The zero-order valence-corrected chi connectivity index (χ0v) is 32.4. The first-order chi connectivity index (χ1) is 25.0. The van der Waals surface area contributed by atoms with Crippen LogP contribution in [-0.4, -0.2) is 55.9 Å². The number of anilines is 1. The SMILES string of the molecule is C[C@H](N(Cc1ccc2c(c1)nc(NC(=O)c1ccc(Cl)cc1)n2CC1CCCN1C(=O)C(C#N)=CC(C)(C)C)C(=O)OCc1ccccc1)C(C)(C)C. The van der Waals surface area contributed by atoms with Gasteiger partial charge in [0, 0.05) is 36.3 Å². The molecule has 0 spiro atoms. The Balaban J connectivity index is 1.48. The van der Waals surface area contributed by atoms with E-state index in [9.17, 15) is 19.6 Å². The van der Waals surface area contributed by atoms with Crippen molar-refractivity contribution in [1.29, 1.82) is 5.26 Å². The third-order valence-electron chi connectivity index (χ3n) is 9.62. The van der Waals surface area contributed by atoms with E-state index >= 15 is 0 Å². The minimum Gasteiger partial charge on any atom is -0.445 e. The Morgan fingerprint density at radius 2 is 1.74 bits per heavy atom. The summed E-state index contributed by atoms with van der Waals surface area (Å²) in [4.78, 5) is 49.1. The standard InChI is InChI=1S/C42H49ClN6O4/c1-28(42(5,6)7)48(40(52)53-27-29-12-9-8-10-13-29)25-30-15-20-36-35(22-30)45-39(46-37(50)31-16-18-33(43)19-17-31)49(36)26-34-14-11-21-47(34)38(51)32(24-44)23-41(2,3)4/h8-10,12-13,15-20,22-23,28,34H,11,14,21,25-27H2,1-7H3,(H,45,46,50)/t28-,34?/m0/s1. The van der Waals surface area contributed by atoms with E-state index in [1.807, 2.05) is 80.8 Å². The molecule has 1 aliphatic heterocycles. The molecule has 3 aromatic carbocycles. The minimum atomic E-state index is -0.416. The van der Waals surface area contributed by atoms with Crippen molar-refractivity contribution in [1.82, 2.24) is 19.4 Å². The molecular formula is C42H49ClN6O4. The summed E-state index contributed by atoms with van der Waals surface area (Å²) in [5.74, 6) is -0.330. The fourth-order valence-electron chi connectivity index (χ4n) is 6.39. The molecule has 1 unspecified atom stereocenters. The van der Waals surface area contributed by atoms with Crippen LogP contribution in [0.3, 0.4) is 0 Å². The Bertz CT molecular complexity index is 2020. The van der Waals surface area contributed by atoms with Crippen LogP contribution in [0.2, 0.25) is 5.02 Å². The average Bonchev–Trinajstić information content (AvgIpc) is 3.71. The van der Waals surface area contributed by atoms with Crippen LogP contribution in [0.15, 0.2) is 84.4 Å². The molecule has 2 atom stereocenters. The molecule has 1 aliphatic rings. The normalized spacial score (nSPS) is 15.6. The summed E-state index contributed by atoms with van der Waals surface area (Å²) in [6.45, 7) is 15.5. The number of carbonyl (C=O) groups is 3. The molecular weight excluding hydrogens is 688 g/mol. The quantitative estimate of drug-likeness (QED) is 0.128. The summed E-state index contributed by atoms with van der Waals surface area (Å²) in [5.41, 5.74) is 3.09. The number of amides is 3. The predicted molar refractivity (Wildman–Crippen MR) is 208 cm³/mol. The van der Waals surface area contributed by atoms with E-state index in [1.54, 1.807) is 40.1 Å². The smallest absolute Gasteiger partial charge is 0.410 e. The van der Waals surface area contributed by atoms with Gasteiger partial charge in [-0.15, -0.1) is 0 Å². The number of rotatable bonds is 10. The summed E-state index contributed by atoms with van der Waals surface area (Å²) in [5, 5.41) is 13.4. The first-order valence-electron chi connectivity index (χ1n) is 18.0. The molecule has 4 aromatic rings. The van der Waals surface area contributed by atoms with Gasteiger partial charge >= 0.3 is 6.09 Å². The van der Waals surface area contributed by atoms with Crippen LogP contribution in [0.5, 0.6) is 0 Å². The van der Waals surface area contributed by atoms with Gasteiger partial charge in [0.25, 0.3) is 11.8 Å². The number of hydrogen-bond acceptors (Lipinski definition) is 6. The van der Waals surface area contributed by atoms with Crippen LogP contribution in [-0.2, 0) is 29.2 Å². The number of hydrogen-bond donors (Lipinski definition) is 1.